The van der Waals surface area contributed by atoms with Crippen molar-refractivity contribution >= 4 is 11.7 Å². The third-order valence-corrected chi connectivity index (χ3v) is 4.28. The van der Waals surface area contributed by atoms with E-state index in [0.29, 0.717) is 17.8 Å². The van der Waals surface area contributed by atoms with E-state index in [4.69, 9.17) is 9.15 Å². The molecule has 1 unspecified atom stereocenters. The fourth-order valence-electron chi connectivity index (χ4n) is 2.81. The van der Waals surface area contributed by atoms with Gasteiger partial charge < -0.3 is 14.5 Å². The predicted molar refractivity (Wildman–Crippen MR) is 103 cm³/mol. The molecule has 1 aromatic heterocycles. The molecule has 26 heavy (non-hydrogen) atoms. The molecule has 0 amide bonds. The molecule has 5 heteroatoms. The van der Waals surface area contributed by atoms with Crippen molar-refractivity contribution in [1.82, 2.24) is 10.2 Å². The molecule has 1 heterocycles. The lowest BCUT2D eigenvalue weighted by Gasteiger charge is -2.10. The van der Waals surface area contributed by atoms with Gasteiger partial charge in [0.2, 0.25) is 5.89 Å². The minimum Gasteiger partial charge on any atom is -0.497 e. The van der Waals surface area contributed by atoms with Crippen LogP contribution in [-0.2, 0) is 6.42 Å². The molecular weight excluding hydrogens is 326 g/mol. The number of hydrogen-bond donors (Lipinski definition) is 1. The van der Waals surface area contributed by atoms with Crippen LogP contribution in [0.1, 0.15) is 43.7 Å². The Morgan fingerprint density at radius 3 is 2.27 bits per heavy atom. The van der Waals surface area contributed by atoms with Crippen LogP contribution in [0.2, 0.25) is 0 Å². The van der Waals surface area contributed by atoms with Crippen molar-refractivity contribution in [2.75, 3.05) is 12.4 Å². The number of ether oxygens (including phenoxy) is 1. The Balaban J connectivity index is 1.67. The Labute approximate surface area is 154 Å². The lowest BCUT2D eigenvalue weighted by molar-refractivity contribution is 0.415. The number of benzene rings is 2. The molecule has 2 aromatic carbocycles. The van der Waals surface area contributed by atoms with E-state index >= 15 is 0 Å². The van der Waals surface area contributed by atoms with E-state index in [0.717, 1.165) is 23.4 Å². The number of rotatable bonds is 7. The first-order valence-electron chi connectivity index (χ1n) is 8.88. The maximum absolute atomic E-state index is 5.79. The van der Waals surface area contributed by atoms with Gasteiger partial charge >= 0.3 is 6.01 Å². The zero-order valence-corrected chi connectivity index (χ0v) is 15.7. The summed E-state index contributed by atoms with van der Waals surface area (Å²) in [7, 11) is 1.64. The van der Waals surface area contributed by atoms with Crippen molar-refractivity contribution in [2.45, 2.75) is 33.1 Å². The quantitative estimate of drug-likeness (QED) is 0.636. The minimum absolute atomic E-state index is 0.0435. The number of aromatic nitrogens is 2. The van der Waals surface area contributed by atoms with Gasteiger partial charge in [0.1, 0.15) is 5.75 Å². The SMILES string of the molecule is COc1ccc(Nc2nnc(C(C)c3ccc(CC(C)C)cc3)o2)cc1. The van der Waals surface area contributed by atoms with Gasteiger partial charge in [0, 0.05) is 5.69 Å². The van der Waals surface area contributed by atoms with Crippen molar-refractivity contribution in [3.05, 3.63) is 65.5 Å². The number of methoxy groups -OCH3 is 1. The van der Waals surface area contributed by atoms with Gasteiger partial charge in [-0.3, -0.25) is 0 Å². The molecule has 5 nitrogen and oxygen atoms in total. The third kappa shape index (κ3) is 4.42. The van der Waals surface area contributed by atoms with E-state index in [1.807, 2.05) is 24.3 Å². The molecule has 136 valence electrons. The first kappa shape index (κ1) is 18.0. The Bertz CT molecular complexity index is 823. The molecule has 0 aliphatic carbocycles. The highest BCUT2D eigenvalue weighted by atomic mass is 16.5. The topological polar surface area (TPSA) is 60.2 Å². The van der Waals surface area contributed by atoms with Crippen molar-refractivity contribution < 1.29 is 9.15 Å². The van der Waals surface area contributed by atoms with E-state index < -0.39 is 0 Å². The first-order chi connectivity index (χ1) is 12.5. The second-order valence-corrected chi connectivity index (χ2v) is 6.86. The normalized spacial score (nSPS) is 12.2. The van der Waals surface area contributed by atoms with Gasteiger partial charge in [0.25, 0.3) is 0 Å². The highest BCUT2D eigenvalue weighted by Gasteiger charge is 2.16. The van der Waals surface area contributed by atoms with Gasteiger partial charge in [0.15, 0.2) is 0 Å². The van der Waals surface area contributed by atoms with Gasteiger partial charge in [-0.05, 0) is 54.7 Å². The van der Waals surface area contributed by atoms with Crippen LogP contribution >= 0.6 is 0 Å². The average molecular weight is 351 g/mol. The first-order valence-corrected chi connectivity index (χ1v) is 8.88. The van der Waals surface area contributed by atoms with E-state index in [2.05, 4.69) is 60.6 Å². The van der Waals surface area contributed by atoms with Crippen LogP contribution in [-0.4, -0.2) is 17.3 Å². The summed E-state index contributed by atoms with van der Waals surface area (Å²) in [4.78, 5) is 0. The number of nitrogens with zero attached hydrogens (tertiary/aromatic N) is 2. The Hall–Kier alpha value is -2.82. The molecule has 0 aliphatic heterocycles. The fraction of sp³-hybridized carbons (Fsp3) is 0.333. The van der Waals surface area contributed by atoms with Crippen LogP contribution < -0.4 is 10.1 Å². The second kappa shape index (κ2) is 8.04. The zero-order chi connectivity index (χ0) is 18.5. The van der Waals surface area contributed by atoms with Crippen molar-refractivity contribution in [3.8, 4) is 5.75 Å². The summed E-state index contributed by atoms with van der Waals surface area (Å²) >= 11 is 0. The zero-order valence-electron chi connectivity index (χ0n) is 15.7. The molecule has 0 bridgehead atoms. The summed E-state index contributed by atoms with van der Waals surface area (Å²) in [6.45, 7) is 6.53. The van der Waals surface area contributed by atoms with Gasteiger partial charge in [0.05, 0.1) is 13.0 Å². The molecule has 3 rings (SSSR count). The average Bonchev–Trinajstić information content (AvgIpc) is 3.10. The van der Waals surface area contributed by atoms with Crippen molar-refractivity contribution in [3.63, 3.8) is 0 Å². The molecular formula is C21H25N3O2. The molecule has 3 aromatic rings. The van der Waals surface area contributed by atoms with Crippen LogP contribution in [0.15, 0.2) is 52.9 Å². The maximum Gasteiger partial charge on any atom is 0.320 e. The number of anilines is 2. The Morgan fingerprint density at radius 1 is 0.962 bits per heavy atom. The van der Waals surface area contributed by atoms with E-state index in [-0.39, 0.29) is 5.92 Å². The van der Waals surface area contributed by atoms with Crippen LogP contribution in [0, 0.1) is 5.92 Å². The third-order valence-electron chi connectivity index (χ3n) is 4.28. The van der Waals surface area contributed by atoms with Gasteiger partial charge in [-0.2, -0.15) is 0 Å². The lowest BCUT2D eigenvalue weighted by Crippen LogP contribution is -1.98. The summed E-state index contributed by atoms with van der Waals surface area (Å²) in [6, 6.07) is 16.6. The molecule has 1 N–H and O–H groups in total. The molecule has 0 fully saturated rings. The fourth-order valence-corrected chi connectivity index (χ4v) is 2.81. The van der Waals surface area contributed by atoms with Crippen molar-refractivity contribution in [2.24, 2.45) is 5.92 Å². The number of nitrogens with one attached hydrogen (secondary N) is 1. The smallest absolute Gasteiger partial charge is 0.320 e. The lowest BCUT2D eigenvalue weighted by atomic mass is 9.97. The summed E-state index contributed by atoms with van der Waals surface area (Å²) in [6.07, 6.45) is 1.09. The van der Waals surface area contributed by atoms with E-state index in [1.165, 1.54) is 5.56 Å². The molecule has 0 saturated heterocycles. The largest absolute Gasteiger partial charge is 0.497 e. The molecule has 0 aliphatic rings. The minimum atomic E-state index is 0.0435. The van der Waals surface area contributed by atoms with Crippen LogP contribution in [0.5, 0.6) is 5.75 Å². The van der Waals surface area contributed by atoms with Crippen LogP contribution in [0.4, 0.5) is 11.7 Å². The van der Waals surface area contributed by atoms with E-state index in [9.17, 15) is 0 Å². The second-order valence-electron chi connectivity index (χ2n) is 6.86. The summed E-state index contributed by atoms with van der Waals surface area (Å²) in [5.41, 5.74) is 3.38. The summed E-state index contributed by atoms with van der Waals surface area (Å²) < 4.78 is 10.9. The van der Waals surface area contributed by atoms with Gasteiger partial charge in [-0.15, -0.1) is 5.10 Å². The van der Waals surface area contributed by atoms with Gasteiger partial charge in [-0.1, -0.05) is 43.2 Å². The van der Waals surface area contributed by atoms with Crippen LogP contribution in [0.3, 0.4) is 0 Å². The molecule has 0 radical (unpaired) electrons. The van der Waals surface area contributed by atoms with E-state index in [1.54, 1.807) is 7.11 Å². The van der Waals surface area contributed by atoms with Crippen molar-refractivity contribution in [1.29, 1.82) is 0 Å². The monoisotopic (exact) mass is 351 g/mol. The van der Waals surface area contributed by atoms with Gasteiger partial charge in [-0.25, -0.2) is 0 Å². The Kier molecular flexibility index (Phi) is 5.56. The molecule has 0 spiro atoms. The summed E-state index contributed by atoms with van der Waals surface area (Å²) in [5, 5.41) is 11.4. The number of hydrogen-bond acceptors (Lipinski definition) is 5. The highest BCUT2D eigenvalue weighted by Crippen LogP contribution is 2.26. The highest BCUT2D eigenvalue weighted by molar-refractivity contribution is 5.53. The maximum atomic E-state index is 5.79. The van der Waals surface area contributed by atoms with Crippen LogP contribution in [0.25, 0.3) is 0 Å². The Morgan fingerprint density at radius 2 is 1.65 bits per heavy atom. The molecule has 1 atom stereocenters. The molecule has 0 saturated carbocycles. The summed E-state index contributed by atoms with van der Waals surface area (Å²) in [5.74, 6) is 2.09. The predicted octanol–water partition coefficient (Wildman–Crippen LogP) is 5.17. The standard InChI is InChI=1S/C21H25N3O2/c1-14(2)13-16-5-7-17(8-6-16)15(3)20-23-24-21(26-20)22-18-9-11-19(25-4)12-10-18/h5-12,14-15H,13H2,1-4H3,(H,22,24).